The maximum Gasteiger partial charge on any atom is 2.00 e. The van der Waals surface area contributed by atoms with E-state index in [-0.39, 0.29) is 35.5 Å². The minimum Gasteiger partial charge on any atom is -1.00 e. The van der Waals surface area contributed by atoms with Crippen LogP contribution in [0.1, 0.15) is 16.7 Å². The van der Waals surface area contributed by atoms with Crippen molar-refractivity contribution in [3.05, 3.63) is 41.8 Å². The number of halogens is 1. The zero-order chi connectivity index (χ0) is 6.85. The van der Waals surface area contributed by atoms with E-state index in [1.54, 1.807) is 0 Å². The molecule has 56 valence electrons. The smallest absolute Gasteiger partial charge is 1.00 e. The molecule has 0 aliphatic carbocycles. The predicted octanol–water partition coefficient (Wildman–Crippen LogP) is -0.891. The van der Waals surface area contributed by atoms with Crippen LogP contribution >= 0.6 is 0 Å². The van der Waals surface area contributed by atoms with E-state index in [9.17, 15) is 0 Å². The van der Waals surface area contributed by atoms with Crippen LogP contribution in [0.5, 0.6) is 0 Å². The van der Waals surface area contributed by atoms with E-state index in [0.717, 1.165) is 5.56 Å². The third kappa shape index (κ3) is 3.36. The molecule has 0 heterocycles. The van der Waals surface area contributed by atoms with Crippen LogP contribution in [0.25, 0.3) is 0 Å². The van der Waals surface area contributed by atoms with E-state index in [2.05, 4.69) is 39.0 Å². The second kappa shape index (κ2) is 5.75. The van der Waals surface area contributed by atoms with Crippen molar-refractivity contribution in [2.24, 2.45) is 0 Å². The Morgan fingerprint density at radius 2 is 1.45 bits per heavy atom. The van der Waals surface area contributed by atoms with Crippen molar-refractivity contribution in [2.75, 3.05) is 0 Å². The Morgan fingerprint density at radius 1 is 1.09 bits per heavy atom. The molecule has 0 aliphatic rings. The van der Waals surface area contributed by atoms with Crippen molar-refractivity contribution in [3.63, 3.8) is 0 Å². The number of aryl methyl sites for hydroxylation is 2. The van der Waals surface area contributed by atoms with Gasteiger partial charge >= 0.3 is 23.1 Å². The van der Waals surface area contributed by atoms with Crippen LogP contribution in [0.15, 0.2) is 18.2 Å². The molecule has 1 rings (SSSR count). The van der Waals surface area contributed by atoms with Crippen molar-refractivity contribution in [2.45, 2.75) is 13.8 Å². The van der Waals surface area contributed by atoms with E-state index < -0.39 is 0 Å². The molecule has 2 heteroatoms. The molecule has 0 spiro atoms. The minimum absolute atomic E-state index is 0. The Morgan fingerprint density at radius 3 is 1.73 bits per heavy atom. The molecule has 1 aromatic rings. The zero-order valence-corrected chi connectivity index (χ0v) is 9.19. The van der Waals surface area contributed by atoms with E-state index >= 15 is 0 Å². The fourth-order valence-corrected chi connectivity index (χ4v) is 0.849. The molecular weight excluding hydrogens is 168 g/mol. The Labute approximate surface area is 90.9 Å². The van der Waals surface area contributed by atoms with Gasteiger partial charge < -0.3 is 12.4 Å². The molecule has 0 radical (unpaired) electrons. The molecule has 0 N–H and O–H groups in total. The molecule has 0 fully saturated rings. The first-order valence-electron chi connectivity index (χ1n) is 3.10. The average molecular weight is 179 g/mol. The van der Waals surface area contributed by atoms with Crippen LogP contribution < -0.4 is 12.4 Å². The van der Waals surface area contributed by atoms with Gasteiger partial charge in [0.15, 0.2) is 0 Å². The summed E-state index contributed by atoms with van der Waals surface area (Å²) < 4.78 is 0. The summed E-state index contributed by atoms with van der Waals surface area (Å²) in [4.78, 5) is 0. The van der Waals surface area contributed by atoms with Gasteiger partial charge in [-0.2, -0.15) is 23.6 Å². The van der Waals surface area contributed by atoms with Gasteiger partial charge in [0.1, 0.15) is 0 Å². The Kier molecular flexibility index (Phi) is 7.17. The Balaban J connectivity index is 0. The molecule has 0 amide bonds. The second-order valence-electron chi connectivity index (χ2n) is 2.37. The van der Waals surface area contributed by atoms with Crippen LogP contribution in [0.4, 0.5) is 0 Å². The SMILES string of the molecule is [CH2-]c1c(C)cccc1C.[Cl-].[Mg+2]. The summed E-state index contributed by atoms with van der Waals surface area (Å²) in [6.45, 7) is 8.08. The van der Waals surface area contributed by atoms with Crippen LogP contribution in [0.3, 0.4) is 0 Å². The predicted molar refractivity (Wildman–Crippen MR) is 46.1 cm³/mol. The normalized spacial score (nSPS) is 7.82. The van der Waals surface area contributed by atoms with E-state index in [0.29, 0.717) is 0 Å². The topological polar surface area (TPSA) is 0 Å². The maximum atomic E-state index is 3.92. The third-order valence-electron chi connectivity index (χ3n) is 1.64. The molecule has 0 unspecified atom stereocenters. The van der Waals surface area contributed by atoms with Crippen LogP contribution in [-0.2, 0) is 0 Å². The molecule has 0 nitrogen and oxygen atoms in total. The number of benzene rings is 1. The largest absolute Gasteiger partial charge is 2.00 e. The first-order chi connectivity index (χ1) is 4.22. The molecule has 0 atom stereocenters. The molecule has 0 aliphatic heterocycles. The minimum atomic E-state index is 0. The summed E-state index contributed by atoms with van der Waals surface area (Å²) in [5, 5.41) is 0. The average Bonchev–Trinajstić information content (AvgIpc) is 1.83. The van der Waals surface area contributed by atoms with Gasteiger partial charge in [0.25, 0.3) is 0 Å². The first kappa shape index (κ1) is 13.7. The van der Waals surface area contributed by atoms with E-state index in [1.807, 2.05) is 0 Å². The van der Waals surface area contributed by atoms with Gasteiger partial charge in [-0.05, 0) is 0 Å². The van der Waals surface area contributed by atoms with Gasteiger partial charge in [0, 0.05) is 0 Å². The molecule has 0 aromatic heterocycles. The molecule has 0 bridgehead atoms. The van der Waals surface area contributed by atoms with Crippen molar-refractivity contribution in [3.8, 4) is 0 Å². The third-order valence-corrected chi connectivity index (χ3v) is 1.64. The first-order valence-corrected chi connectivity index (χ1v) is 3.10. The van der Waals surface area contributed by atoms with Gasteiger partial charge in [-0.25, -0.2) is 0 Å². The van der Waals surface area contributed by atoms with Gasteiger partial charge in [-0.15, -0.1) is 12.1 Å². The fourth-order valence-electron chi connectivity index (χ4n) is 0.849. The monoisotopic (exact) mass is 178 g/mol. The fraction of sp³-hybridized carbons (Fsp3) is 0.222. The van der Waals surface area contributed by atoms with Crippen LogP contribution in [-0.4, -0.2) is 23.1 Å². The summed E-state index contributed by atoms with van der Waals surface area (Å²) in [6, 6.07) is 6.21. The number of rotatable bonds is 0. The van der Waals surface area contributed by atoms with Gasteiger partial charge in [-0.1, -0.05) is 19.9 Å². The summed E-state index contributed by atoms with van der Waals surface area (Å²) in [5.41, 5.74) is 3.71. The van der Waals surface area contributed by atoms with Crippen molar-refractivity contribution in [1.82, 2.24) is 0 Å². The van der Waals surface area contributed by atoms with Crippen LogP contribution in [0, 0.1) is 20.8 Å². The summed E-state index contributed by atoms with van der Waals surface area (Å²) in [5.74, 6) is 0. The van der Waals surface area contributed by atoms with E-state index in [1.165, 1.54) is 11.1 Å². The number of hydrogen-bond donors (Lipinski definition) is 0. The van der Waals surface area contributed by atoms with Crippen molar-refractivity contribution in [1.29, 1.82) is 0 Å². The Hall–Kier alpha value is 0.146. The van der Waals surface area contributed by atoms with Gasteiger partial charge in [-0.3, -0.25) is 0 Å². The van der Waals surface area contributed by atoms with Gasteiger partial charge in [0.05, 0.1) is 0 Å². The molecular formula is C9H11ClMg. The van der Waals surface area contributed by atoms with Crippen LogP contribution in [0.2, 0.25) is 0 Å². The van der Waals surface area contributed by atoms with Gasteiger partial charge in [0.2, 0.25) is 0 Å². The molecule has 11 heavy (non-hydrogen) atoms. The zero-order valence-electron chi connectivity index (χ0n) is 7.02. The summed E-state index contributed by atoms with van der Waals surface area (Å²) in [7, 11) is 0. The maximum absolute atomic E-state index is 3.92. The summed E-state index contributed by atoms with van der Waals surface area (Å²) >= 11 is 0. The molecule has 1 aromatic carbocycles. The van der Waals surface area contributed by atoms with Crippen molar-refractivity contribution >= 4 is 23.1 Å². The Bertz CT molecular complexity index is 201. The molecule has 0 saturated carbocycles. The van der Waals surface area contributed by atoms with Crippen molar-refractivity contribution < 1.29 is 12.4 Å². The molecule has 0 saturated heterocycles. The quantitative estimate of drug-likeness (QED) is 0.358. The van der Waals surface area contributed by atoms with E-state index in [4.69, 9.17) is 0 Å². The second-order valence-corrected chi connectivity index (χ2v) is 2.37. The summed E-state index contributed by atoms with van der Waals surface area (Å²) in [6.07, 6.45) is 0. The standard InChI is InChI=1S/C9H11.ClH.Mg/c1-7-5-4-6-8(2)9(7)3;;/h4-6H,3H2,1-2H3;1H;/q-1;;+2/p-1. The number of hydrogen-bond acceptors (Lipinski definition) is 0.